The van der Waals surface area contributed by atoms with Crippen molar-refractivity contribution in [3.05, 3.63) is 42.1 Å². The predicted octanol–water partition coefficient (Wildman–Crippen LogP) is 2.65. The second kappa shape index (κ2) is 7.49. The van der Waals surface area contributed by atoms with Gasteiger partial charge in [0.1, 0.15) is 5.75 Å². The molecule has 128 valence electrons. The summed E-state index contributed by atoms with van der Waals surface area (Å²) in [6.45, 7) is 2.18. The number of anilines is 1. The molecule has 0 radical (unpaired) electrons. The van der Waals surface area contributed by atoms with E-state index in [1.165, 1.54) is 5.56 Å². The summed E-state index contributed by atoms with van der Waals surface area (Å²) in [7, 11) is 3.31. The van der Waals surface area contributed by atoms with Crippen LogP contribution in [-0.4, -0.2) is 43.9 Å². The fourth-order valence-electron chi connectivity index (χ4n) is 3.18. The number of aromatic nitrogens is 2. The van der Waals surface area contributed by atoms with Crippen molar-refractivity contribution in [1.29, 1.82) is 0 Å². The highest BCUT2D eigenvalue weighted by Crippen LogP contribution is 2.39. The zero-order valence-corrected chi connectivity index (χ0v) is 14.1. The minimum absolute atomic E-state index is 0.0721. The van der Waals surface area contributed by atoms with E-state index in [1.807, 2.05) is 12.1 Å². The smallest absolute Gasteiger partial charge is 0.225 e. The Morgan fingerprint density at radius 2 is 1.92 bits per heavy atom. The molecule has 1 aromatic carbocycles. The van der Waals surface area contributed by atoms with Crippen molar-refractivity contribution in [2.45, 2.75) is 18.3 Å². The van der Waals surface area contributed by atoms with E-state index in [0.29, 0.717) is 18.4 Å². The molecule has 0 spiro atoms. The first-order valence-electron chi connectivity index (χ1n) is 8.09. The highest BCUT2D eigenvalue weighted by atomic mass is 16.5. The first-order chi connectivity index (χ1) is 11.8. The van der Waals surface area contributed by atoms with Gasteiger partial charge >= 0.3 is 0 Å². The molecule has 1 saturated heterocycles. The number of nitrogens with one attached hydrogen (secondary N) is 1. The quantitative estimate of drug-likeness (QED) is 0.879. The third kappa shape index (κ3) is 3.43. The molecule has 2 aromatic rings. The third-order valence-corrected chi connectivity index (χ3v) is 4.55. The van der Waals surface area contributed by atoms with E-state index in [9.17, 15) is 0 Å². The van der Waals surface area contributed by atoms with E-state index >= 15 is 0 Å². The molecule has 0 unspecified atom stereocenters. The number of rotatable bonds is 6. The standard InChI is InChI=1S/C18H23N3O3/c1-22-15-6-4-3-5-14(15)18(8-11-24-12-9-18)13-20-17-19-10-7-16(21-17)23-2/h3-7,10H,8-9,11-13H2,1-2H3,(H,19,20,21). The lowest BCUT2D eigenvalue weighted by atomic mass is 9.73. The molecule has 0 aliphatic carbocycles. The molecule has 6 heteroatoms. The fraction of sp³-hybridized carbons (Fsp3) is 0.444. The number of benzene rings is 1. The molecule has 0 amide bonds. The maximum absolute atomic E-state index is 5.59. The van der Waals surface area contributed by atoms with Crippen LogP contribution in [0, 0.1) is 0 Å². The Morgan fingerprint density at radius 1 is 1.12 bits per heavy atom. The molecule has 2 heterocycles. The summed E-state index contributed by atoms with van der Waals surface area (Å²) >= 11 is 0. The second-order valence-corrected chi connectivity index (χ2v) is 5.87. The van der Waals surface area contributed by atoms with Gasteiger partial charge in [0, 0.05) is 43.0 Å². The molecule has 1 aliphatic heterocycles. The van der Waals surface area contributed by atoms with Crippen molar-refractivity contribution in [2.75, 3.05) is 39.3 Å². The summed E-state index contributed by atoms with van der Waals surface area (Å²) in [6.07, 6.45) is 3.53. The van der Waals surface area contributed by atoms with Crippen LogP contribution < -0.4 is 14.8 Å². The van der Waals surface area contributed by atoms with Gasteiger partial charge in [-0.05, 0) is 18.9 Å². The van der Waals surface area contributed by atoms with E-state index in [1.54, 1.807) is 26.5 Å². The van der Waals surface area contributed by atoms with Crippen molar-refractivity contribution >= 4 is 5.95 Å². The summed E-state index contributed by atoms with van der Waals surface area (Å²) in [6, 6.07) is 9.92. The average molecular weight is 329 g/mol. The molecule has 6 nitrogen and oxygen atoms in total. The third-order valence-electron chi connectivity index (χ3n) is 4.55. The molecule has 24 heavy (non-hydrogen) atoms. The summed E-state index contributed by atoms with van der Waals surface area (Å²) in [5.41, 5.74) is 1.13. The topological polar surface area (TPSA) is 65.5 Å². The van der Waals surface area contributed by atoms with Crippen LogP contribution in [0.15, 0.2) is 36.5 Å². The van der Waals surface area contributed by atoms with Crippen molar-refractivity contribution < 1.29 is 14.2 Å². The van der Waals surface area contributed by atoms with E-state index < -0.39 is 0 Å². The van der Waals surface area contributed by atoms with E-state index in [4.69, 9.17) is 14.2 Å². The Hall–Kier alpha value is -2.34. The van der Waals surface area contributed by atoms with Gasteiger partial charge in [0.15, 0.2) is 0 Å². The Labute approximate surface area is 142 Å². The van der Waals surface area contributed by atoms with E-state index in [-0.39, 0.29) is 5.41 Å². The zero-order chi connectivity index (χ0) is 16.8. The lowest BCUT2D eigenvalue weighted by molar-refractivity contribution is 0.0535. The summed E-state index contributed by atoms with van der Waals surface area (Å²) < 4.78 is 16.3. The van der Waals surface area contributed by atoms with Gasteiger partial charge in [0.2, 0.25) is 11.8 Å². The summed E-state index contributed by atoms with van der Waals surface area (Å²) in [5.74, 6) is 2.02. The maximum atomic E-state index is 5.59. The molecule has 0 bridgehead atoms. The molecule has 1 N–H and O–H groups in total. The number of methoxy groups -OCH3 is 2. The largest absolute Gasteiger partial charge is 0.496 e. The second-order valence-electron chi connectivity index (χ2n) is 5.87. The van der Waals surface area contributed by atoms with E-state index in [2.05, 4.69) is 27.4 Å². The molecule has 0 atom stereocenters. The monoisotopic (exact) mass is 329 g/mol. The van der Waals surface area contributed by atoms with Crippen LogP contribution >= 0.6 is 0 Å². The number of nitrogens with zero attached hydrogens (tertiary/aromatic N) is 2. The van der Waals surface area contributed by atoms with Gasteiger partial charge in [-0.2, -0.15) is 4.98 Å². The molecule has 3 rings (SSSR count). The molecule has 1 aromatic heterocycles. The molecular weight excluding hydrogens is 306 g/mol. The van der Waals surface area contributed by atoms with Gasteiger partial charge in [0.25, 0.3) is 0 Å². The Kier molecular flexibility index (Phi) is 5.15. The Balaban J connectivity index is 1.86. The van der Waals surface area contributed by atoms with Gasteiger partial charge in [-0.3, -0.25) is 0 Å². The minimum Gasteiger partial charge on any atom is -0.496 e. The highest BCUT2D eigenvalue weighted by molar-refractivity contribution is 5.42. The predicted molar refractivity (Wildman–Crippen MR) is 91.8 cm³/mol. The maximum Gasteiger partial charge on any atom is 0.225 e. The van der Waals surface area contributed by atoms with Crippen LogP contribution in [0.25, 0.3) is 0 Å². The summed E-state index contributed by atoms with van der Waals surface area (Å²) in [5, 5.41) is 3.37. The number of para-hydroxylation sites is 1. The average Bonchev–Trinajstić information content (AvgIpc) is 2.67. The lowest BCUT2D eigenvalue weighted by Gasteiger charge is -2.38. The first-order valence-corrected chi connectivity index (χ1v) is 8.09. The van der Waals surface area contributed by atoms with Crippen molar-refractivity contribution in [3.8, 4) is 11.6 Å². The highest BCUT2D eigenvalue weighted by Gasteiger charge is 2.36. The fourth-order valence-corrected chi connectivity index (χ4v) is 3.18. The molecule has 1 aliphatic rings. The van der Waals surface area contributed by atoms with Crippen LogP contribution in [0.2, 0.25) is 0 Å². The summed E-state index contributed by atoms with van der Waals surface area (Å²) in [4.78, 5) is 8.61. The van der Waals surface area contributed by atoms with Gasteiger partial charge in [-0.25, -0.2) is 4.98 Å². The number of ether oxygens (including phenoxy) is 3. The van der Waals surface area contributed by atoms with Crippen LogP contribution in [0.5, 0.6) is 11.6 Å². The van der Waals surface area contributed by atoms with Crippen LogP contribution in [-0.2, 0) is 10.2 Å². The molecular formula is C18H23N3O3. The molecule has 1 fully saturated rings. The van der Waals surface area contributed by atoms with Crippen molar-refractivity contribution in [2.24, 2.45) is 0 Å². The SMILES string of the molecule is COc1ccnc(NCC2(c3ccccc3OC)CCOCC2)n1. The van der Waals surface area contributed by atoms with Crippen molar-refractivity contribution in [1.82, 2.24) is 9.97 Å². The van der Waals surface area contributed by atoms with Crippen LogP contribution in [0.4, 0.5) is 5.95 Å². The molecule has 0 saturated carbocycles. The number of hydrogen-bond donors (Lipinski definition) is 1. The van der Waals surface area contributed by atoms with E-state index in [0.717, 1.165) is 31.8 Å². The van der Waals surface area contributed by atoms with Crippen molar-refractivity contribution in [3.63, 3.8) is 0 Å². The van der Waals surface area contributed by atoms with Gasteiger partial charge in [-0.15, -0.1) is 0 Å². The minimum atomic E-state index is -0.0721. The van der Waals surface area contributed by atoms with Gasteiger partial charge in [-0.1, -0.05) is 18.2 Å². The van der Waals surface area contributed by atoms with Gasteiger partial charge in [0.05, 0.1) is 14.2 Å². The number of hydrogen-bond acceptors (Lipinski definition) is 6. The van der Waals surface area contributed by atoms with Crippen LogP contribution in [0.3, 0.4) is 0 Å². The van der Waals surface area contributed by atoms with Gasteiger partial charge < -0.3 is 19.5 Å². The Bertz CT molecular complexity index is 672. The first kappa shape index (κ1) is 16.5. The van der Waals surface area contributed by atoms with Crippen LogP contribution in [0.1, 0.15) is 18.4 Å². The lowest BCUT2D eigenvalue weighted by Crippen LogP contribution is -2.40. The Morgan fingerprint density at radius 3 is 2.67 bits per heavy atom. The normalized spacial score (nSPS) is 16.4. The zero-order valence-electron chi connectivity index (χ0n) is 14.1.